The van der Waals surface area contributed by atoms with Crippen molar-refractivity contribution in [1.29, 1.82) is 0 Å². The van der Waals surface area contributed by atoms with E-state index in [4.69, 9.17) is 9.90 Å². The Morgan fingerprint density at radius 2 is 1.88 bits per heavy atom. The largest absolute Gasteiger partial charge is 0.490 e. The summed E-state index contributed by atoms with van der Waals surface area (Å²) in [5.41, 5.74) is 0. The van der Waals surface area contributed by atoms with Crippen LogP contribution in [0, 0.1) is 0 Å². The third-order valence-corrected chi connectivity index (χ3v) is 2.06. The van der Waals surface area contributed by atoms with Crippen molar-refractivity contribution in [2.24, 2.45) is 0 Å². The highest BCUT2D eigenvalue weighted by Crippen LogP contribution is 2.13. The van der Waals surface area contributed by atoms with Gasteiger partial charge in [-0.15, -0.1) is 0 Å². The van der Waals surface area contributed by atoms with Crippen LogP contribution in [0.4, 0.5) is 13.2 Å². The van der Waals surface area contributed by atoms with Gasteiger partial charge in [0.15, 0.2) is 0 Å². The van der Waals surface area contributed by atoms with E-state index in [0.717, 1.165) is 19.6 Å². The Morgan fingerprint density at radius 3 is 2.12 bits per heavy atom. The van der Waals surface area contributed by atoms with Gasteiger partial charge < -0.3 is 15.3 Å². The number of carboxylic acid groups (broad SMARTS) is 1. The Kier molecular flexibility index (Phi) is 5.94. The van der Waals surface area contributed by atoms with E-state index in [1.165, 1.54) is 0 Å². The molecule has 1 aliphatic heterocycles. The molecule has 0 saturated carbocycles. The molecule has 17 heavy (non-hydrogen) atoms. The van der Waals surface area contributed by atoms with Crippen LogP contribution in [0.15, 0.2) is 0 Å². The highest BCUT2D eigenvalue weighted by Gasteiger charge is 2.38. The van der Waals surface area contributed by atoms with E-state index in [1.807, 2.05) is 4.90 Å². The van der Waals surface area contributed by atoms with Crippen LogP contribution >= 0.6 is 0 Å². The van der Waals surface area contributed by atoms with E-state index >= 15 is 0 Å². The first-order valence-corrected chi connectivity index (χ1v) is 4.93. The van der Waals surface area contributed by atoms with E-state index in [-0.39, 0.29) is 5.91 Å². The molecule has 2 N–H and O–H groups in total. The van der Waals surface area contributed by atoms with Gasteiger partial charge in [-0.3, -0.25) is 4.79 Å². The average molecular weight is 256 g/mol. The Bertz CT molecular complexity index is 281. The molecule has 0 spiro atoms. The van der Waals surface area contributed by atoms with Crippen molar-refractivity contribution in [3.63, 3.8) is 0 Å². The lowest BCUT2D eigenvalue weighted by atomic mass is 10.2. The Morgan fingerprint density at radius 1 is 1.41 bits per heavy atom. The number of carbonyl (C=O) groups excluding carboxylic acids is 1. The molecule has 1 heterocycles. The number of nitrogens with zero attached hydrogens (tertiary/aromatic N) is 1. The zero-order valence-corrected chi connectivity index (χ0v) is 9.54. The summed E-state index contributed by atoms with van der Waals surface area (Å²) >= 11 is 0. The molecule has 0 aliphatic carbocycles. The van der Waals surface area contributed by atoms with Crippen molar-refractivity contribution in [1.82, 2.24) is 10.2 Å². The second kappa shape index (κ2) is 6.43. The number of aliphatic carboxylic acids is 1. The first kappa shape index (κ1) is 15.7. The zero-order valence-electron chi connectivity index (χ0n) is 9.54. The van der Waals surface area contributed by atoms with Gasteiger partial charge >= 0.3 is 12.1 Å². The Balaban J connectivity index is 0.000000325. The van der Waals surface area contributed by atoms with Crippen LogP contribution in [-0.4, -0.2) is 53.7 Å². The zero-order chi connectivity index (χ0) is 13.6. The molecule has 1 atom stereocenters. The molecule has 0 aromatic carbocycles. The normalized spacial score (nSPS) is 20.3. The number of piperazine rings is 1. The lowest BCUT2D eigenvalue weighted by molar-refractivity contribution is -0.192. The maximum absolute atomic E-state index is 10.8. The van der Waals surface area contributed by atoms with Crippen LogP contribution in [0.2, 0.25) is 0 Å². The van der Waals surface area contributed by atoms with Crippen molar-refractivity contribution in [3.05, 3.63) is 0 Å². The van der Waals surface area contributed by atoms with Gasteiger partial charge in [0.2, 0.25) is 5.91 Å². The van der Waals surface area contributed by atoms with Gasteiger partial charge in [0, 0.05) is 32.6 Å². The number of amides is 1. The second-order valence-corrected chi connectivity index (χ2v) is 3.62. The lowest BCUT2D eigenvalue weighted by Crippen LogP contribution is -2.50. The molecule has 8 heteroatoms. The fourth-order valence-corrected chi connectivity index (χ4v) is 1.22. The molecule has 1 aliphatic rings. The van der Waals surface area contributed by atoms with E-state index in [2.05, 4.69) is 12.2 Å². The quantitative estimate of drug-likeness (QED) is 0.660. The maximum Gasteiger partial charge on any atom is 0.490 e. The number of rotatable bonds is 0. The second-order valence-electron chi connectivity index (χ2n) is 3.62. The molecule has 0 aromatic heterocycles. The molecule has 1 amide bonds. The fourth-order valence-electron chi connectivity index (χ4n) is 1.22. The van der Waals surface area contributed by atoms with Crippen molar-refractivity contribution < 1.29 is 27.9 Å². The summed E-state index contributed by atoms with van der Waals surface area (Å²) < 4.78 is 31.7. The molecular formula is C9H15F3N2O3. The summed E-state index contributed by atoms with van der Waals surface area (Å²) in [6, 6.07) is 0.456. The summed E-state index contributed by atoms with van der Waals surface area (Å²) in [6.45, 7) is 6.36. The molecule has 1 unspecified atom stereocenters. The van der Waals surface area contributed by atoms with Crippen LogP contribution in [0.5, 0.6) is 0 Å². The first-order valence-electron chi connectivity index (χ1n) is 4.93. The van der Waals surface area contributed by atoms with E-state index in [1.54, 1.807) is 6.92 Å². The highest BCUT2D eigenvalue weighted by molar-refractivity contribution is 5.73. The van der Waals surface area contributed by atoms with Crippen LogP contribution in [-0.2, 0) is 9.59 Å². The minimum absolute atomic E-state index is 0.188. The fraction of sp³-hybridized carbons (Fsp3) is 0.778. The van der Waals surface area contributed by atoms with Crippen LogP contribution in [0.1, 0.15) is 13.8 Å². The number of hydrogen-bond donors (Lipinski definition) is 2. The van der Waals surface area contributed by atoms with E-state index in [0.29, 0.717) is 6.04 Å². The van der Waals surface area contributed by atoms with Crippen LogP contribution in [0.3, 0.4) is 0 Å². The summed E-state index contributed by atoms with van der Waals surface area (Å²) in [4.78, 5) is 21.6. The van der Waals surface area contributed by atoms with Crippen molar-refractivity contribution in [2.75, 3.05) is 19.6 Å². The van der Waals surface area contributed by atoms with Gasteiger partial charge in [0.05, 0.1) is 0 Å². The van der Waals surface area contributed by atoms with Crippen LogP contribution in [0.25, 0.3) is 0 Å². The molecular weight excluding hydrogens is 241 g/mol. The molecule has 0 bridgehead atoms. The van der Waals surface area contributed by atoms with Gasteiger partial charge in [-0.1, -0.05) is 0 Å². The summed E-state index contributed by atoms with van der Waals surface area (Å²) in [5, 5.41) is 10.4. The lowest BCUT2D eigenvalue weighted by Gasteiger charge is -2.30. The summed E-state index contributed by atoms with van der Waals surface area (Å²) in [7, 11) is 0. The SMILES string of the molecule is CC(=O)N1CCNC(C)C1.O=C(O)C(F)(F)F. The van der Waals surface area contributed by atoms with Gasteiger partial charge in [-0.25, -0.2) is 4.79 Å². The highest BCUT2D eigenvalue weighted by atomic mass is 19.4. The average Bonchev–Trinajstić information content (AvgIpc) is 2.17. The minimum atomic E-state index is -5.08. The number of carboxylic acids is 1. The first-order chi connectivity index (χ1) is 7.64. The number of nitrogens with one attached hydrogen (secondary N) is 1. The molecule has 1 rings (SSSR count). The van der Waals surface area contributed by atoms with Crippen molar-refractivity contribution in [2.45, 2.75) is 26.1 Å². The number of alkyl halides is 3. The Labute approximate surface area is 96.6 Å². The topological polar surface area (TPSA) is 69.6 Å². The predicted molar refractivity (Wildman–Crippen MR) is 53.4 cm³/mol. The molecule has 0 aromatic rings. The summed E-state index contributed by atoms with van der Waals surface area (Å²) in [6.07, 6.45) is -5.08. The molecule has 1 fully saturated rings. The molecule has 0 radical (unpaired) electrons. The smallest absolute Gasteiger partial charge is 0.475 e. The molecule has 100 valence electrons. The molecule has 5 nitrogen and oxygen atoms in total. The van der Waals surface area contributed by atoms with Crippen molar-refractivity contribution >= 4 is 11.9 Å². The monoisotopic (exact) mass is 256 g/mol. The van der Waals surface area contributed by atoms with Gasteiger partial charge in [0.25, 0.3) is 0 Å². The van der Waals surface area contributed by atoms with E-state index in [9.17, 15) is 18.0 Å². The van der Waals surface area contributed by atoms with Crippen molar-refractivity contribution in [3.8, 4) is 0 Å². The molecule has 1 saturated heterocycles. The maximum atomic E-state index is 10.8. The van der Waals surface area contributed by atoms with Gasteiger partial charge in [-0.05, 0) is 6.92 Å². The number of carbonyl (C=O) groups is 2. The van der Waals surface area contributed by atoms with Gasteiger partial charge in [-0.2, -0.15) is 13.2 Å². The number of halogens is 3. The minimum Gasteiger partial charge on any atom is -0.475 e. The predicted octanol–water partition coefficient (Wildman–Crippen LogP) is 0.460. The Hall–Kier alpha value is -1.31. The third-order valence-electron chi connectivity index (χ3n) is 2.06. The van der Waals surface area contributed by atoms with E-state index < -0.39 is 12.1 Å². The van der Waals surface area contributed by atoms with Crippen LogP contribution < -0.4 is 5.32 Å². The van der Waals surface area contributed by atoms with Gasteiger partial charge in [0.1, 0.15) is 0 Å². The number of hydrogen-bond acceptors (Lipinski definition) is 3. The standard InChI is InChI=1S/C7H14N2O.C2HF3O2/c1-6-5-9(7(2)10)4-3-8-6;3-2(4,5)1(6)7/h6,8H,3-5H2,1-2H3;(H,6,7). The summed E-state index contributed by atoms with van der Waals surface area (Å²) in [5.74, 6) is -2.57. The third kappa shape index (κ3) is 6.77.